The average Bonchev–Trinajstić information content (AvgIpc) is 2.72. The summed E-state index contributed by atoms with van der Waals surface area (Å²) in [5, 5.41) is 6.26. The van der Waals surface area contributed by atoms with Crippen molar-refractivity contribution in [1.82, 2.24) is 15.5 Å². The van der Waals surface area contributed by atoms with Crippen molar-refractivity contribution in [3.63, 3.8) is 0 Å². The Kier molecular flexibility index (Phi) is 4.36. The Bertz CT molecular complexity index is 272. The van der Waals surface area contributed by atoms with Gasteiger partial charge < -0.3 is 20.3 Å². The largest absolute Gasteiger partial charge is 0.374 e. The normalized spacial score (nSPS) is 34.8. The fourth-order valence-electron chi connectivity index (χ4n) is 2.50. The molecule has 0 spiro atoms. The number of likely N-dealkylation sites (N-methyl/N-ethyl adjacent to an activating group) is 1. The van der Waals surface area contributed by atoms with Crippen LogP contribution in [0.1, 0.15) is 6.92 Å². The number of rotatable bonds is 3. The lowest BCUT2D eigenvalue weighted by atomic mass is 9.97. The number of nitrogens with one attached hydrogen (secondary N) is 2. The van der Waals surface area contributed by atoms with Crippen molar-refractivity contribution in [1.29, 1.82) is 0 Å². The molecule has 98 valence electrons. The van der Waals surface area contributed by atoms with Crippen LogP contribution in [-0.2, 0) is 9.53 Å². The summed E-state index contributed by atoms with van der Waals surface area (Å²) in [5.74, 6) is 0.723. The number of amides is 1. The molecule has 3 atom stereocenters. The highest BCUT2D eigenvalue weighted by atomic mass is 16.5. The topological polar surface area (TPSA) is 53.6 Å². The van der Waals surface area contributed by atoms with Gasteiger partial charge in [0.1, 0.15) is 0 Å². The predicted octanol–water partition coefficient (Wildman–Crippen LogP) is -0.711. The molecule has 0 aromatic rings. The minimum atomic E-state index is 0.122. The summed E-state index contributed by atoms with van der Waals surface area (Å²) < 4.78 is 5.62. The molecular weight excluding hydrogens is 218 g/mol. The Morgan fingerprint density at radius 2 is 2.35 bits per heavy atom. The summed E-state index contributed by atoms with van der Waals surface area (Å²) in [6, 6.07) is 0. The van der Waals surface area contributed by atoms with Crippen molar-refractivity contribution in [3.8, 4) is 0 Å². The molecule has 1 amide bonds. The number of hydrogen-bond donors (Lipinski definition) is 2. The third-order valence-corrected chi connectivity index (χ3v) is 3.70. The van der Waals surface area contributed by atoms with E-state index < -0.39 is 0 Å². The molecule has 2 N–H and O–H groups in total. The van der Waals surface area contributed by atoms with Gasteiger partial charge in [-0.1, -0.05) is 6.92 Å². The van der Waals surface area contributed by atoms with Gasteiger partial charge in [-0.25, -0.2) is 0 Å². The number of carbonyl (C=O) groups excluding carboxylic acids is 1. The van der Waals surface area contributed by atoms with Crippen LogP contribution in [0.2, 0.25) is 0 Å². The summed E-state index contributed by atoms with van der Waals surface area (Å²) >= 11 is 0. The number of ether oxygens (including phenoxy) is 1. The second-order valence-corrected chi connectivity index (χ2v) is 5.24. The Balaban J connectivity index is 1.72. The monoisotopic (exact) mass is 241 g/mol. The Hall–Kier alpha value is -0.650. The van der Waals surface area contributed by atoms with Gasteiger partial charge in [-0.15, -0.1) is 0 Å². The molecule has 2 aliphatic rings. The second-order valence-electron chi connectivity index (χ2n) is 5.24. The molecule has 1 unspecified atom stereocenters. The summed E-state index contributed by atoms with van der Waals surface area (Å²) in [7, 11) is 2.08. The maximum Gasteiger partial charge on any atom is 0.224 e. The molecule has 0 radical (unpaired) electrons. The van der Waals surface area contributed by atoms with E-state index in [9.17, 15) is 4.79 Å². The molecule has 5 nitrogen and oxygen atoms in total. The predicted molar refractivity (Wildman–Crippen MR) is 65.8 cm³/mol. The van der Waals surface area contributed by atoms with Crippen LogP contribution in [0.4, 0.5) is 0 Å². The summed E-state index contributed by atoms with van der Waals surface area (Å²) in [6.07, 6.45) is 0.141. The van der Waals surface area contributed by atoms with Gasteiger partial charge >= 0.3 is 0 Å². The van der Waals surface area contributed by atoms with E-state index in [0.717, 1.165) is 32.8 Å². The summed E-state index contributed by atoms with van der Waals surface area (Å²) in [6.45, 7) is 7.14. The Labute approximate surface area is 103 Å². The maximum absolute atomic E-state index is 12.0. The minimum absolute atomic E-state index is 0.122. The highest BCUT2D eigenvalue weighted by Crippen LogP contribution is 2.15. The lowest BCUT2D eigenvalue weighted by Crippen LogP contribution is -2.47. The zero-order valence-electron chi connectivity index (χ0n) is 10.7. The second kappa shape index (κ2) is 5.80. The summed E-state index contributed by atoms with van der Waals surface area (Å²) in [4.78, 5) is 14.2. The third-order valence-electron chi connectivity index (χ3n) is 3.70. The number of carbonyl (C=O) groups is 1. The van der Waals surface area contributed by atoms with Crippen LogP contribution >= 0.6 is 0 Å². The zero-order valence-corrected chi connectivity index (χ0v) is 10.7. The number of hydrogen-bond acceptors (Lipinski definition) is 4. The lowest BCUT2D eigenvalue weighted by Gasteiger charge is -2.30. The molecule has 2 rings (SSSR count). The molecule has 5 heteroatoms. The fourth-order valence-corrected chi connectivity index (χ4v) is 2.50. The molecule has 2 heterocycles. The van der Waals surface area contributed by atoms with E-state index >= 15 is 0 Å². The Morgan fingerprint density at radius 3 is 3.00 bits per heavy atom. The van der Waals surface area contributed by atoms with Crippen LogP contribution in [0.15, 0.2) is 0 Å². The van der Waals surface area contributed by atoms with E-state index in [1.54, 1.807) is 0 Å². The lowest BCUT2D eigenvalue weighted by molar-refractivity contribution is -0.126. The molecule has 2 aliphatic heterocycles. The molecular formula is C12H23N3O2. The van der Waals surface area contributed by atoms with Crippen molar-refractivity contribution >= 4 is 5.91 Å². The third kappa shape index (κ3) is 3.40. The van der Waals surface area contributed by atoms with Crippen LogP contribution in [0, 0.1) is 11.8 Å². The van der Waals surface area contributed by atoms with Crippen molar-refractivity contribution in [2.75, 3.05) is 46.4 Å². The van der Waals surface area contributed by atoms with Crippen molar-refractivity contribution < 1.29 is 9.53 Å². The van der Waals surface area contributed by atoms with E-state index in [4.69, 9.17) is 4.74 Å². The van der Waals surface area contributed by atoms with Crippen molar-refractivity contribution in [3.05, 3.63) is 0 Å². The number of morpholine rings is 1. The van der Waals surface area contributed by atoms with Gasteiger partial charge in [-0.3, -0.25) is 4.79 Å². The van der Waals surface area contributed by atoms with Gasteiger partial charge in [0, 0.05) is 26.2 Å². The van der Waals surface area contributed by atoms with Crippen LogP contribution in [0.25, 0.3) is 0 Å². The van der Waals surface area contributed by atoms with Gasteiger partial charge in [-0.05, 0) is 19.5 Å². The van der Waals surface area contributed by atoms with E-state index in [-0.39, 0.29) is 17.9 Å². The van der Waals surface area contributed by atoms with E-state index in [1.165, 1.54) is 0 Å². The highest BCUT2D eigenvalue weighted by Gasteiger charge is 2.30. The van der Waals surface area contributed by atoms with Crippen molar-refractivity contribution in [2.45, 2.75) is 13.0 Å². The summed E-state index contributed by atoms with van der Waals surface area (Å²) in [5.41, 5.74) is 0. The van der Waals surface area contributed by atoms with E-state index in [1.807, 2.05) is 0 Å². The molecule has 17 heavy (non-hydrogen) atoms. The quantitative estimate of drug-likeness (QED) is 0.685. The van der Waals surface area contributed by atoms with Crippen LogP contribution in [-0.4, -0.2) is 63.3 Å². The van der Waals surface area contributed by atoms with Crippen LogP contribution in [0.5, 0.6) is 0 Å². The van der Waals surface area contributed by atoms with Crippen LogP contribution in [0.3, 0.4) is 0 Å². The molecule has 2 saturated heterocycles. The molecule has 0 aliphatic carbocycles. The van der Waals surface area contributed by atoms with E-state index in [0.29, 0.717) is 12.5 Å². The highest BCUT2D eigenvalue weighted by molar-refractivity contribution is 5.79. The van der Waals surface area contributed by atoms with Gasteiger partial charge in [0.2, 0.25) is 5.91 Å². The first-order valence-electron chi connectivity index (χ1n) is 6.45. The van der Waals surface area contributed by atoms with Crippen molar-refractivity contribution in [2.24, 2.45) is 11.8 Å². The average molecular weight is 241 g/mol. The first kappa shape index (κ1) is 12.8. The first-order valence-corrected chi connectivity index (χ1v) is 6.45. The maximum atomic E-state index is 12.0. The Morgan fingerprint density at radius 1 is 1.53 bits per heavy atom. The molecule has 0 aromatic heterocycles. The smallest absolute Gasteiger partial charge is 0.224 e. The first-order chi connectivity index (χ1) is 8.16. The number of nitrogens with zero attached hydrogens (tertiary/aromatic N) is 1. The molecule has 0 aromatic carbocycles. The standard InChI is InChI=1S/C12H23N3O2/c1-9-5-13-7-11(9)12(16)14-6-10-8-15(2)3-4-17-10/h9-11,13H,3-8H2,1-2H3,(H,14,16)/t9-,10?,11-/m1/s1. The van der Waals surface area contributed by atoms with Gasteiger partial charge in [0.15, 0.2) is 0 Å². The molecule has 0 bridgehead atoms. The van der Waals surface area contributed by atoms with Crippen LogP contribution < -0.4 is 10.6 Å². The van der Waals surface area contributed by atoms with E-state index in [2.05, 4.69) is 29.5 Å². The van der Waals surface area contributed by atoms with Gasteiger partial charge in [-0.2, -0.15) is 0 Å². The molecule has 2 fully saturated rings. The SMILES string of the molecule is C[C@@H]1CNC[C@H]1C(=O)NCC1CN(C)CCO1. The zero-order chi connectivity index (χ0) is 12.3. The molecule has 0 saturated carbocycles. The fraction of sp³-hybridized carbons (Fsp3) is 0.917. The van der Waals surface area contributed by atoms with Gasteiger partial charge in [0.05, 0.1) is 18.6 Å². The minimum Gasteiger partial charge on any atom is -0.374 e. The van der Waals surface area contributed by atoms with Gasteiger partial charge in [0.25, 0.3) is 0 Å².